The van der Waals surface area contributed by atoms with E-state index in [0.717, 1.165) is 35.8 Å². The van der Waals surface area contributed by atoms with Crippen LogP contribution in [0.2, 0.25) is 0 Å². The molecule has 1 aromatic carbocycles. The molecule has 0 saturated heterocycles. The van der Waals surface area contributed by atoms with Crippen molar-refractivity contribution in [2.75, 3.05) is 42.8 Å². The van der Waals surface area contributed by atoms with Gasteiger partial charge in [-0.3, -0.25) is 0 Å². The third kappa shape index (κ3) is 3.13. The van der Waals surface area contributed by atoms with Gasteiger partial charge in [-0.25, -0.2) is 9.78 Å². The molecule has 1 aliphatic heterocycles. The fourth-order valence-electron chi connectivity index (χ4n) is 2.84. The van der Waals surface area contributed by atoms with Gasteiger partial charge in [0.05, 0.1) is 24.4 Å². The molecule has 1 atom stereocenters. The highest BCUT2D eigenvalue weighted by atomic mass is 16.5. The summed E-state index contributed by atoms with van der Waals surface area (Å²) in [7, 11) is 3.47. The van der Waals surface area contributed by atoms with Gasteiger partial charge in [0.2, 0.25) is 0 Å². The molecule has 2 N–H and O–H groups in total. The van der Waals surface area contributed by atoms with Crippen LogP contribution in [-0.2, 0) is 4.74 Å². The fraction of sp³-hybridized carbons (Fsp3) is 0.333. The lowest BCUT2D eigenvalue weighted by Crippen LogP contribution is -2.31. The Morgan fingerprint density at radius 3 is 2.79 bits per heavy atom. The molecular weight excluding hydrogens is 304 g/mol. The van der Waals surface area contributed by atoms with Crippen LogP contribution in [0.5, 0.6) is 0 Å². The molecule has 2 aromatic rings. The zero-order chi connectivity index (χ0) is 17.1. The van der Waals surface area contributed by atoms with Crippen molar-refractivity contribution in [3.63, 3.8) is 0 Å². The van der Waals surface area contributed by atoms with Gasteiger partial charge in [-0.1, -0.05) is 12.1 Å². The molecule has 0 bridgehead atoms. The van der Waals surface area contributed by atoms with E-state index in [4.69, 9.17) is 4.74 Å². The highest BCUT2D eigenvalue weighted by Gasteiger charge is 2.18. The minimum Gasteiger partial charge on any atom is -0.465 e. The van der Waals surface area contributed by atoms with Crippen molar-refractivity contribution in [3.8, 4) is 0 Å². The Morgan fingerprint density at radius 1 is 1.33 bits per heavy atom. The Labute approximate surface area is 141 Å². The average Bonchev–Trinajstić information content (AvgIpc) is 2.62. The second-order valence-electron chi connectivity index (χ2n) is 5.88. The zero-order valence-corrected chi connectivity index (χ0v) is 14.2. The number of rotatable bonds is 4. The lowest BCUT2D eigenvalue weighted by Gasteiger charge is -2.30. The number of nitrogens with zero attached hydrogens (tertiary/aromatic N) is 2. The number of carbonyl (C=O) groups excluding carboxylic acids is 1. The summed E-state index contributed by atoms with van der Waals surface area (Å²) in [4.78, 5) is 18.2. The molecule has 6 nitrogen and oxygen atoms in total. The van der Waals surface area contributed by atoms with E-state index in [0.29, 0.717) is 5.56 Å². The molecule has 0 amide bonds. The number of anilines is 3. The summed E-state index contributed by atoms with van der Waals surface area (Å²) >= 11 is 0. The van der Waals surface area contributed by atoms with Crippen molar-refractivity contribution < 1.29 is 9.53 Å². The van der Waals surface area contributed by atoms with Gasteiger partial charge in [-0.05, 0) is 30.7 Å². The van der Waals surface area contributed by atoms with Crippen molar-refractivity contribution in [1.82, 2.24) is 4.98 Å². The number of ether oxygens (including phenoxy) is 1. The molecule has 1 aliphatic rings. The predicted octanol–water partition coefficient (Wildman–Crippen LogP) is 2.90. The van der Waals surface area contributed by atoms with Crippen molar-refractivity contribution >= 4 is 23.2 Å². The Kier molecular flexibility index (Phi) is 4.55. The molecule has 3 rings (SSSR count). The second-order valence-corrected chi connectivity index (χ2v) is 5.88. The number of methoxy groups -OCH3 is 1. The highest BCUT2D eigenvalue weighted by Crippen LogP contribution is 2.34. The Bertz CT molecular complexity index is 730. The van der Waals surface area contributed by atoms with E-state index in [-0.39, 0.29) is 12.0 Å². The van der Waals surface area contributed by atoms with Gasteiger partial charge < -0.3 is 20.3 Å². The van der Waals surface area contributed by atoms with Crippen LogP contribution in [0.3, 0.4) is 0 Å². The zero-order valence-electron chi connectivity index (χ0n) is 14.2. The van der Waals surface area contributed by atoms with Gasteiger partial charge in [-0.2, -0.15) is 0 Å². The molecule has 0 spiro atoms. The Morgan fingerprint density at radius 2 is 2.08 bits per heavy atom. The van der Waals surface area contributed by atoms with Crippen molar-refractivity contribution in [1.29, 1.82) is 0 Å². The third-order valence-electron chi connectivity index (χ3n) is 4.27. The van der Waals surface area contributed by atoms with E-state index in [1.165, 1.54) is 7.11 Å². The van der Waals surface area contributed by atoms with Crippen LogP contribution < -0.4 is 15.5 Å². The van der Waals surface area contributed by atoms with E-state index in [2.05, 4.69) is 34.5 Å². The lowest BCUT2D eigenvalue weighted by molar-refractivity contribution is 0.0600. The van der Waals surface area contributed by atoms with Crippen molar-refractivity contribution in [3.05, 3.63) is 47.7 Å². The van der Waals surface area contributed by atoms with Gasteiger partial charge in [0.15, 0.2) is 5.82 Å². The number of hydrogen-bond donors (Lipinski definition) is 2. The van der Waals surface area contributed by atoms with Crippen LogP contribution in [0.1, 0.15) is 28.9 Å². The van der Waals surface area contributed by atoms with Crippen LogP contribution in [0.4, 0.5) is 17.2 Å². The number of benzene rings is 1. The summed E-state index contributed by atoms with van der Waals surface area (Å²) in [6.45, 7) is 3.94. The molecule has 0 radical (unpaired) electrons. The first-order valence-corrected chi connectivity index (χ1v) is 7.99. The molecule has 0 aliphatic carbocycles. The fourth-order valence-corrected chi connectivity index (χ4v) is 2.84. The van der Waals surface area contributed by atoms with E-state index in [9.17, 15) is 4.79 Å². The third-order valence-corrected chi connectivity index (χ3v) is 4.27. The second kappa shape index (κ2) is 6.78. The number of likely N-dealkylation sites (N-methyl/N-ethyl adjacent to an activating group) is 1. The molecule has 1 aromatic heterocycles. The van der Waals surface area contributed by atoms with Crippen LogP contribution in [0.25, 0.3) is 0 Å². The molecule has 6 heteroatoms. The molecule has 0 unspecified atom stereocenters. The largest absolute Gasteiger partial charge is 0.465 e. The minimum atomic E-state index is -0.326. The smallest absolute Gasteiger partial charge is 0.337 e. The molecule has 126 valence electrons. The molecule has 24 heavy (non-hydrogen) atoms. The summed E-state index contributed by atoms with van der Waals surface area (Å²) in [6.07, 6.45) is 1.82. The number of fused-ring (bicyclic) bond motifs is 1. The van der Waals surface area contributed by atoms with Gasteiger partial charge in [-0.15, -0.1) is 0 Å². The van der Waals surface area contributed by atoms with E-state index >= 15 is 0 Å². The number of hydrogen-bond acceptors (Lipinski definition) is 6. The Hall–Kier alpha value is -2.76. The molecule has 0 fully saturated rings. The summed E-state index contributed by atoms with van der Waals surface area (Å²) in [5.41, 5.74) is 3.80. The first-order valence-electron chi connectivity index (χ1n) is 7.99. The summed E-state index contributed by atoms with van der Waals surface area (Å²) in [5, 5.41) is 6.88. The van der Waals surface area contributed by atoms with Gasteiger partial charge in [0, 0.05) is 26.3 Å². The van der Waals surface area contributed by atoms with E-state index in [1.807, 2.05) is 24.4 Å². The Balaban J connectivity index is 1.79. The summed E-state index contributed by atoms with van der Waals surface area (Å²) in [5.74, 6) is 0.511. The lowest BCUT2D eigenvalue weighted by atomic mass is 10.1. The number of carbonyl (C=O) groups is 1. The maximum absolute atomic E-state index is 11.5. The monoisotopic (exact) mass is 326 g/mol. The SMILES string of the molecule is COC(=O)c1ccc([C@H](C)Nc2nccc3c2NCCN3C)cc1. The molecular formula is C18H22N4O2. The maximum Gasteiger partial charge on any atom is 0.337 e. The van der Waals surface area contributed by atoms with Crippen molar-refractivity contribution in [2.45, 2.75) is 13.0 Å². The number of pyridine rings is 1. The standard InChI is InChI=1S/C18H22N4O2/c1-12(13-4-6-14(7-5-13)18(23)24-3)21-17-16-15(8-9-20-17)22(2)11-10-19-16/h4-9,12,19H,10-11H2,1-3H3,(H,20,21)/t12-/m0/s1. The summed E-state index contributed by atoms with van der Waals surface area (Å²) in [6, 6.07) is 9.49. The van der Waals surface area contributed by atoms with E-state index in [1.54, 1.807) is 12.1 Å². The van der Waals surface area contributed by atoms with Gasteiger partial charge >= 0.3 is 5.97 Å². The van der Waals surface area contributed by atoms with Gasteiger partial charge in [0.25, 0.3) is 0 Å². The van der Waals surface area contributed by atoms with Crippen LogP contribution in [0.15, 0.2) is 36.5 Å². The minimum absolute atomic E-state index is 0.0599. The number of aromatic nitrogens is 1. The topological polar surface area (TPSA) is 66.5 Å². The van der Waals surface area contributed by atoms with Crippen LogP contribution in [0, 0.1) is 0 Å². The first-order chi connectivity index (χ1) is 11.6. The summed E-state index contributed by atoms with van der Waals surface area (Å²) < 4.78 is 4.73. The molecule has 2 heterocycles. The quantitative estimate of drug-likeness (QED) is 0.842. The van der Waals surface area contributed by atoms with Crippen LogP contribution >= 0.6 is 0 Å². The van der Waals surface area contributed by atoms with E-state index < -0.39 is 0 Å². The number of nitrogens with one attached hydrogen (secondary N) is 2. The highest BCUT2D eigenvalue weighted by molar-refractivity contribution is 5.89. The van der Waals surface area contributed by atoms with Crippen molar-refractivity contribution in [2.24, 2.45) is 0 Å². The molecule has 0 saturated carbocycles. The number of esters is 1. The average molecular weight is 326 g/mol. The maximum atomic E-state index is 11.5. The predicted molar refractivity (Wildman–Crippen MR) is 95.8 cm³/mol. The normalized spacial score (nSPS) is 14.4. The first kappa shape index (κ1) is 16.1. The van der Waals surface area contributed by atoms with Gasteiger partial charge in [0.1, 0.15) is 5.69 Å². The van der Waals surface area contributed by atoms with Crippen LogP contribution in [-0.4, -0.2) is 38.2 Å².